The first-order chi connectivity index (χ1) is 14.6. The first kappa shape index (κ1) is 22.2. The van der Waals surface area contributed by atoms with Crippen molar-refractivity contribution in [3.05, 3.63) is 71.0 Å². The van der Waals surface area contributed by atoms with Crippen molar-refractivity contribution in [2.24, 2.45) is 0 Å². The van der Waals surface area contributed by atoms with Crippen LogP contribution in [0.3, 0.4) is 0 Å². The van der Waals surface area contributed by atoms with E-state index in [1.807, 2.05) is 6.07 Å². The van der Waals surface area contributed by atoms with Gasteiger partial charge in [0.1, 0.15) is 23.3 Å². The van der Waals surface area contributed by atoms with Crippen LogP contribution in [0.5, 0.6) is 11.5 Å². The van der Waals surface area contributed by atoms with E-state index in [0.29, 0.717) is 17.2 Å². The zero-order valence-corrected chi connectivity index (χ0v) is 16.9. The Bertz CT molecular complexity index is 1090. The number of pyridine rings is 1. The number of carbonyl (C=O) groups excluding carboxylic acids is 1. The number of nitrogens with one attached hydrogen (secondary N) is 2. The van der Waals surface area contributed by atoms with Gasteiger partial charge in [0.25, 0.3) is 0 Å². The van der Waals surface area contributed by atoms with Gasteiger partial charge in [-0.3, -0.25) is 0 Å². The summed E-state index contributed by atoms with van der Waals surface area (Å²) in [5, 5.41) is 13.6. The lowest BCUT2D eigenvalue weighted by Gasteiger charge is -2.31. The molecule has 0 saturated heterocycles. The number of aromatic nitrogens is 1. The summed E-state index contributed by atoms with van der Waals surface area (Å²) >= 11 is 5.66. The fourth-order valence-electron chi connectivity index (χ4n) is 2.86. The van der Waals surface area contributed by atoms with Crippen LogP contribution in [0.4, 0.5) is 23.7 Å². The lowest BCUT2D eigenvalue weighted by Crippen LogP contribution is -2.47. The summed E-state index contributed by atoms with van der Waals surface area (Å²) in [6, 6.07) is 10.6. The van der Waals surface area contributed by atoms with Crippen molar-refractivity contribution in [2.45, 2.75) is 25.1 Å². The molecule has 0 spiro atoms. The summed E-state index contributed by atoms with van der Waals surface area (Å²) in [4.78, 5) is 16.2. The normalized spacial score (nSPS) is 18.3. The molecule has 1 aliphatic carbocycles. The maximum atomic E-state index is 13.1. The second-order valence-electron chi connectivity index (χ2n) is 6.92. The van der Waals surface area contributed by atoms with Crippen LogP contribution < -0.4 is 15.4 Å². The molecule has 3 rings (SSSR count). The molecule has 0 bridgehead atoms. The first-order valence-electron chi connectivity index (χ1n) is 8.97. The zero-order valence-electron chi connectivity index (χ0n) is 16.1. The molecule has 1 aliphatic rings. The Morgan fingerprint density at radius 1 is 1.26 bits per heavy atom. The predicted octanol–water partition coefficient (Wildman–Crippen LogP) is 5.64. The minimum atomic E-state index is -4.62. The zero-order chi connectivity index (χ0) is 22.6. The lowest BCUT2D eigenvalue weighted by molar-refractivity contribution is -0.0895. The van der Waals surface area contributed by atoms with Gasteiger partial charge in [-0.15, -0.1) is 0 Å². The molecule has 0 saturated carbocycles. The molecule has 1 unspecified atom stereocenters. The molecule has 160 valence electrons. The molecule has 0 fully saturated rings. The van der Waals surface area contributed by atoms with Crippen LogP contribution in [-0.2, 0) is 0 Å². The molecule has 1 atom stereocenters. The molecule has 1 aromatic heterocycles. The number of allylic oxidation sites excluding steroid dienone is 2. The van der Waals surface area contributed by atoms with E-state index in [1.165, 1.54) is 25.3 Å². The average molecular weight is 449 g/mol. The number of hydrogen-bond acceptors (Lipinski definition) is 4. The molecule has 6 nitrogen and oxygen atoms in total. The van der Waals surface area contributed by atoms with Crippen LogP contribution in [0.2, 0.25) is 0 Å². The highest BCUT2D eigenvalue weighted by Crippen LogP contribution is 2.38. The summed E-state index contributed by atoms with van der Waals surface area (Å²) in [6.45, 7) is 1.47. The number of nitriles is 1. The second-order valence-corrected chi connectivity index (χ2v) is 7.33. The molecule has 2 aromatic rings. The van der Waals surface area contributed by atoms with Gasteiger partial charge in [0, 0.05) is 23.0 Å². The number of nitrogens with zero attached hydrogens (tertiary/aromatic N) is 2. The lowest BCUT2D eigenvalue weighted by atomic mass is 9.89. The predicted molar refractivity (Wildman–Crippen MR) is 109 cm³/mol. The molecule has 2 N–H and O–H groups in total. The monoisotopic (exact) mass is 448 g/mol. The van der Waals surface area contributed by atoms with Crippen molar-refractivity contribution in [1.29, 1.82) is 5.26 Å². The van der Waals surface area contributed by atoms with Gasteiger partial charge in [0.15, 0.2) is 0 Å². The number of urea groups is 1. The van der Waals surface area contributed by atoms with Crippen molar-refractivity contribution < 1.29 is 22.7 Å². The highest BCUT2D eigenvalue weighted by atomic mass is 35.5. The maximum Gasteiger partial charge on any atom is 0.417 e. The van der Waals surface area contributed by atoms with Crippen LogP contribution in [0.15, 0.2) is 65.4 Å². The number of ether oxygens (including phenoxy) is 1. The Labute approximate surface area is 181 Å². The van der Waals surface area contributed by atoms with Gasteiger partial charge in [-0.1, -0.05) is 17.7 Å². The Hall–Kier alpha value is -3.51. The molecule has 1 heterocycles. The van der Waals surface area contributed by atoms with E-state index in [-0.39, 0.29) is 17.1 Å². The fraction of sp³-hybridized carbons (Fsp3) is 0.190. The first-order valence-corrected chi connectivity index (χ1v) is 9.35. The van der Waals surface area contributed by atoms with E-state index >= 15 is 0 Å². The summed E-state index contributed by atoms with van der Waals surface area (Å²) in [5.41, 5.74) is -1.62. The average Bonchev–Trinajstić information content (AvgIpc) is 2.71. The molecule has 0 aliphatic heterocycles. The van der Waals surface area contributed by atoms with Crippen LogP contribution >= 0.6 is 11.6 Å². The molecule has 31 heavy (non-hydrogen) atoms. The standard InChI is InChI=1S/C21H16ClF3N4O2/c1-20(8-6-18(22)17(11-20)21(23,24)25)29-19(30)28-13-2-4-15(5-3-13)31-16-7-9-27-14(10-16)12-26/h2-7,9-11H,8H2,1H3,(H2,28,29,30). The van der Waals surface area contributed by atoms with E-state index in [1.54, 1.807) is 30.3 Å². The summed E-state index contributed by atoms with van der Waals surface area (Å²) < 4.78 is 44.9. The molecular formula is C21H16ClF3N4O2. The van der Waals surface area contributed by atoms with Crippen molar-refractivity contribution in [2.75, 3.05) is 5.32 Å². The minimum absolute atomic E-state index is 0.113. The highest BCUT2D eigenvalue weighted by molar-refractivity contribution is 6.32. The third kappa shape index (κ3) is 5.77. The fourth-order valence-corrected chi connectivity index (χ4v) is 3.10. The summed E-state index contributed by atoms with van der Waals surface area (Å²) in [5.74, 6) is 0.881. The van der Waals surface area contributed by atoms with Crippen molar-refractivity contribution in [3.8, 4) is 17.6 Å². The van der Waals surface area contributed by atoms with Crippen LogP contribution in [0.1, 0.15) is 19.0 Å². The second kappa shape index (κ2) is 8.70. The van der Waals surface area contributed by atoms with E-state index in [2.05, 4.69) is 15.6 Å². The number of rotatable bonds is 4. The van der Waals surface area contributed by atoms with Crippen molar-refractivity contribution in [1.82, 2.24) is 10.3 Å². The topological polar surface area (TPSA) is 87.0 Å². The largest absolute Gasteiger partial charge is 0.457 e. The Morgan fingerprint density at radius 2 is 1.97 bits per heavy atom. The van der Waals surface area contributed by atoms with Crippen molar-refractivity contribution in [3.63, 3.8) is 0 Å². The third-order valence-electron chi connectivity index (χ3n) is 4.32. The molecular weight excluding hydrogens is 433 g/mol. The number of carbonyl (C=O) groups is 1. The number of amides is 2. The molecule has 1 aromatic carbocycles. The van der Waals surface area contributed by atoms with Gasteiger partial charge in [-0.05, 0) is 49.8 Å². The van der Waals surface area contributed by atoms with Gasteiger partial charge < -0.3 is 15.4 Å². The van der Waals surface area contributed by atoms with E-state index in [9.17, 15) is 18.0 Å². The Morgan fingerprint density at radius 3 is 2.61 bits per heavy atom. The number of benzene rings is 1. The van der Waals surface area contributed by atoms with E-state index < -0.39 is 23.3 Å². The summed E-state index contributed by atoms with van der Waals surface area (Å²) in [6.07, 6.45) is -0.918. The highest BCUT2D eigenvalue weighted by Gasteiger charge is 2.40. The number of halogens is 4. The SMILES string of the molecule is CC1(NC(=O)Nc2ccc(Oc3ccnc(C#N)c3)cc2)C=C(C(F)(F)F)C(Cl)=CC1. The van der Waals surface area contributed by atoms with Gasteiger partial charge >= 0.3 is 12.2 Å². The van der Waals surface area contributed by atoms with Gasteiger partial charge in [-0.25, -0.2) is 9.78 Å². The van der Waals surface area contributed by atoms with Gasteiger partial charge in [0.05, 0.1) is 11.1 Å². The molecule has 2 amide bonds. The number of alkyl halides is 3. The van der Waals surface area contributed by atoms with Crippen LogP contribution in [0, 0.1) is 11.3 Å². The maximum absolute atomic E-state index is 13.1. The number of hydrogen-bond donors (Lipinski definition) is 2. The van der Waals surface area contributed by atoms with Crippen LogP contribution in [-0.4, -0.2) is 22.7 Å². The van der Waals surface area contributed by atoms with E-state index in [0.717, 1.165) is 6.08 Å². The quantitative estimate of drug-likeness (QED) is 0.633. The molecule has 10 heteroatoms. The van der Waals surface area contributed by atoms with Crippen LogP contribution in [0.25, 0.3) is 0 Å². The molecule has 0 radical (unpaired) electrons. The number of anilines is 1. The third-order valence-corrected chi connectivity index (χ3v) is 4.68. The minimum Gasteiger partial charge on any atom is -0.457 e. The summed E-state index contributed by atoms with van der Waals surface area (Å²) in [7, 11) is 0. The smallest absolute Gasteiger partial charge is 0.417 e. The Balaban J connectivity index is 1.63. The van der Waals surface area contributed by atoms with Gasteiger partial charge in [0.2, 0.25) is 0 Å². The Kier molecular flexibility index (Phi) is 6.22. The van der Waals surface area contributed by atoms with Crippen molar-refractivity contribution >= 4 is 23.3 Å². The van der Waals surface area contributed by atoms with E-state index in [4.69, 9.17) is 21.6 Å². The van der Waals surface area contributed by atoms with Gasteiger partial charge in [-0.2, -0.15) is 18.4 Å².